The maximum absolute atomic E-state index is 10.5. The number of rotatable bonds is 6. The summed E-state index contributed by atoms with van der Waals surface area (Å²) in [6, 6.07) is -1.14. The van der Waals surface area contributed by atoms with Gasteiger partial charge in [-0.3, -0.25) is 9.59 Å². The van der Waals surface area contributed by atoms with Crippen LogP contribution in [0.15, 0.2) is 0 Å². The molecule has 0 radical (unpaired) electrons. The molecule has 0 saturated heterocycles. The Balaban J connectivity index is 4.10. The highest BCUT2D eigenvalue weighted by Crippen LogP contribution is 2.04. The summed E-state index contributed by atoms with van der Waals surface area (Å²) in [5, 5.41) is 26.6. The average Bonchev–Trinajstić information content (AvgIpc) is 2.03. The minimum Gasteiger partial charge on any atom is -0.481 e. The van der Waals surface area contributed by atoms with Crippen molar-refractivity contribution in [1.82, 2.24) is 5.06 Å². The first-order chi connectivity index (χ1) is 5.99. The summed E-state index contributed by atoms with van der Waals surface area (Å²) >= 11 is 0. The molecule has 0 aliphatic carbocycles. The highest BCUT2D eigenvalue weighted by Gasteiger charge is 2.23. The van der Waals surface area contributed by atoms with E-state index >= 15 is 0 Å². The fraction of sp³-hybridized carbons (Fsp3) is 0.714. The molecule has 0 aliphatic heterocycles. The Bertz CT molecular complexity index is 193. The van der Waals surface area contributed by atoms with Gasteiger partial charge in [0.15, 0.2) is 0 Å². The van der Waals surface area contributed by atoms with E-state index in [1.54, 1.807) is 6.92 Å². The Morgan fingerprint density at radius 3 is 2.23 bits per heavy atom. The Labute approximate surface area is 75.3 Å². The van der Waals surface area contributed by atoms with Gasteiger partial charge in [-0.25, -0.2) is 0 Å². The summed E-state index contributed by atoms with van der Waals surface area (Å²) < 4.78 is 0. The van der Waals surface area contributed by atoms with Crippen LogP contribution in [0.25, 0.3) is 0 Å². The Kier molecular flexibility index (Phi) is 5.01. The molecule has 0 amide bonds. The minimum absolute atomic E-state index is 0.102. The van der Waals surface area contributed by atoms with Gasteiger partial charge >= 0.3 is 11.9 Å². The van der Waals surface area contributed by atoms with Crippen LogP contribution < -0.4 is 0 Å². The first-order valence-corrected chi connectivity index (χ1v) is 3.89. The van der Waals surface area contributed by atoms with E-state index in [0.29, 0.717) is 5.06 Å². The number of likely N-dealkylation sites (N-methyl/N-ethyl adjacent to an activating group) is 1. The summed E-state index contributed by atoms with van der Waals surface area (Å²) in [5.74, 6) is -2.29. The van der Waals surface area contributed by atoms with Gasteiger partial charge in [-0.2, -0.15) is 5.06 Å². The number of carboxylic acid groups (broad SMARTS) is 2. The highest BCUT2D eigenvalue weighted by molar-refractivity contribution is 5.74. The number of hydroxylamine groups is 2. The number of aliphatic carboxylic acids is 2. The van der Waals surface area contributed by atoms with Crippen molar-refractivity contribution >= 4 is 11.9 Å². The number of carbonyl (C=O) groups is 2. The standard InChI is InChI=1S/C7H13NO5/c1-2-8(13)5(7(11)12)3-4-6(9)10/h5,13H,2-4H2,1H3,(H,9,10)(H,11,12). The van der Waals surface area contributed by atoms with Crippen LogP contribution in [0.3, 0.4) is 0 Å². The third-order valence-corrected chi connectivity index (χ3v) is 1.60. The summed E-state index contributed by atoms with van der Waals surface area (Å²) in [6.45, 7) is 1.73. The van der Waals surface area contributed by atoms with Gasteiger partial charge in [-0.1, -0.05) is 6.92 Å². The normalized spacial score (nSPS) is 12.8. The lowest BCUT2D eigenvalue weighted by molar-refractivity contribution is -0.169. The highest BCUT2D eigenvalue weighted by atomic mass is 16.5. The number of carboxylic acids is 2. The molecule has 0 saturated carbocycles. The van der Waals surface area contributed by atoms with Gasteiger partial charge < -0.3 is 15.4 Å². The minimum atomic E-state index is -1.22. The van der Waals surface area contributed by atoms with Crippen molar-refractivity contribution in [2.75, 3.05) is 6.54 Å². The maximum atomic E-state index is 10.5. The third-order valence-electron chi connectivity index (χ3n) is 1.60. The van der Waals surface area contributed by atoms with Crippen LogP contribution in [-0.4, -0.2) is 45.0 Å². The molecule has 6 heteroatoms. The first kappa shape index (κ1) is 11.9. The molecule has 1 unspecified atom stereocenters. The lowest BCUT2D eigenvalue weighted by Crippen LogP contribution is -2.39. The molecule has 76 valence electrons. The van der Waals surface area contributed by atoms with E-state index in [-0.39, 0.29) is 19.4 Å². The Morgan fingerprint density at radius 2 is 1.92 bits per heavy atom. The second-order valence-corrected chi connectivity index (χ2v) is 2.54. The fourth-order valence-corrected chi connectivity index (χ4v) is 0.881. The molecular weight excluding hydrogens is 178 g/mol. The molecule has 1 atom stereocenters. The van der Waals surface area contributed by atoms with E-state index < -0.39 is 18.0 Å². The number of hydrogen-bond donors (Lipinski definition) is 3. The average molecular weight is 191 g/mol. The zero-order valence-corrected chi connectivity index (χ0v) is 7.30. The topological polar surface area (TPSA) is 98.1 Å². The van der Waals surface area contributed by atoms with Gasteiger partial charge in [0.1, 0.15) is 6.04 Å². The van der Waals surface area contributed by atoms with Gasteiger partial charge in [0.05, 0.1) is 0 Å². The van der Waals surface area contributed by atoms with Crippen molar-refractivity contribution in [2.45, 2.75) is 25.8 Å². The number of hydrogen-bond acceptors (Lipinski definition) is 4. The van der Waals surface area contributed by atoms with Crippen LogP contribution in [0.1, 0.15) is 19.8 Å². The smallest absolute Gasteiger partial charge is 0.323 e. The van der Waals surface area contributed by atoms with Crippen molar-refractivity contribution in [2.24, 2.45) is 0 Å². The van der Waals surface area contributed by atoms with Gasteiger partial charge in [-0.15, -0.1) is 0 Å². The SMILES string of the molecule is CCN(O)C(CCC(=O)O)C(=O)O. The van der Waals surface area contributed by atoms with E-state index in [1.165, 1.54) is 0 Å². The van der Waals surface area contributed by atoms with Crippen molar-refractivity contribution in [1.29, 1.82) is 0 Å². The molecule has 0 heterocycles. The first-order valence-electron chi connectivity index (χ1n) is 3.89. The largest absolute Gasteiger partial charge is 0.481 e. The van der Waals surface area contributed by atoms with E-state index in [4.69, 9.17) is 15.4 Å². The fourth-order valence-electron chi connectivity index (χ4n) is 0.881. The molecule has 3 N–H and O–H groups in total. The quantitative estimate of drug-likeness (QED) is 0.512. The van der Waals surface area contributed by atoms with Crippen molar-refractivity contribution in [3.05, 3.63) is 0 Å². The van der Waals surface area contributed by atoms with Crippen LogP contribution in [-0.2, 0) is 9.59 Å². The lowest BCUT2D eigenvalue weighted by atomic mass is 10.1. The van der Waals surface area contributed by atoms with Gasteiger partial charge in [0, 0.05) is 13.0 Å². The lowest BCUT2D eigenvalue weighted by Gasteiger charge is -2.19. The van der Waals surface area contributed by atoms with Crippen LogP contribution in [0.2, 0.25) is 0 Å². The Morgan fingerprint density at radius 1 is 1.38 bits per heavy atom. The van der Waals surface area contributed by atoms with Crippen LogP contribution >= 0.6 is 0 Å². The molecule has 0 rings (SSSR count). The Hall–Kier alpha value is -1.14. The maximum Gasteiger partial charge on any atom is 0.323 e. The summed E-state index contributed by atoms with van der Waals surface area (Å²) in [4.78, 5) is 20.7. The number of nitrogens with zero attached hydrogens (tertiary/aromatic N) is 1. The monoisotopic (exact) mass is 191 g/mol. The molecule has 0 fully saturated rings. The van der Waals surface area contributed by atoms with E-state index in [1.807, 2.05) is 0 Å². The molecule has 6 nitrogen and oxygen atoms in total. The molecule has 13 heavy (non-hydrogen) atoms. The molecule has 0 aliphatic rings. The predicted molar refractivity (Wildman–Crippen MR) is 42.5 cm³/mol. The second kappa shape index (κ2) is 5.50. The summed E-state index contributed by atoms with van der Waals surface area (Å²) in [6.07, 6.45) is -0.372. The van der Waals surface area contributed by atoms with Gasteiger partial charge in [0.25, 0.3) is 0 Å². The summed E-state index contributed by atoms with van der Waals surface area (Å²) in [5.41, 5.74) is 0. The predicted octanol–water partition coefficient (Wildman–Crippen LogP) is 0.0155. The van der Waals surface area contributed by atoms with Gasteiger partial charge in [-0.05, 0) is 6.42 Å². The second-order valence-electron chi connectivity index (χ2n) is 2.54. The van der Waals surface area contributed by atoms with Crippen LogP contribution in [0, 0.1) is 0 Å². The van der Waals surface area contributed by atoms with E-state index in [2.05, 4.69) is 0 Å². The van der Waals surface area contributed by atoms with E-state index in [0.717, 1.165) is 0 Å². The molecule has 0 bridgehead atoms. The molecule has 0 aromatic carbocycles. The van der Waals surface area contributed by atoms with Crippen molar-refractivity contribution in [3.8, 4) is 0 Å². The zero-order valence-electron chi connectivity index (χ0n) is 7.30. The third kappa shape index (κ3) is 4.44. The molecule has 0 aromatic heterocycles. The molecule has 0 aromatic rings. The van der Waals surface area contributed by atoms with Crippen molar-refractivity contribution in [3.63, 3.8) is 0 Å². The summed E-state index contributed by atoms with van der Waals surface area (Å²) in [7, 11) is 0. The van der Waals surface area contributed by atoms with Crippen molar-refractivity contribution < 1.29 is 25.0 Å². The van der Waals surface area contributed by atoms with Crippen LogP contribution in [0.5, 0.6) is 0 Å². The van der Waals surface area contributed by atoms with Crippen LogP contribution in [0.4, 0.5) is 0 Å². The van der Waals surface area contributed by atoms with Gasteiger partial charge in [0.2, 0.25) is 0 Å². The zero-order chi connectivity index (χ0) is 10.4. The molecular formula is C7H13NO5. The molecule has 0 spiro atoms. The van der Waals surface area contributed by atoms with E-state index in [9.17, 15) is 9.59 Å².